The molecule has 0 radical (unpaired) electrons. The average molecular weight is 784 g/mol. The SMILES string of the molecule is CC(C)[C@@H]1OC(=O)[C@@H](Cc2ccccc2)N(C)C(=O)[C@H](C(C)C)OC(=O)[C@@H](Cc2ccccc2)N(C)C(=O)[C@@H](C(C)C)OC(=O)[C@@H](Cc2ccccc2)N(C)C1=O. The number of hydrogen-bond acceptors (Lipinski definition) is 9. The Morgan fingerprint density at radius 2 is 0.614 bits per heavy atom. The van der Waals surface area contributed by atoms with Gasteiger partial charge in [0, 0.05) is 40.4 Å². The highest BCUT2D eigenvalue weighted by Gasteiger charge is 2.44. The molecule has 0 spiro atoms. The van der Waals surface area contributed by atoms with Crippen LogP contribution in [0.4, 0.5) is 0 Å². The van der Waals surface area contributed by atoms with Crippen molar-refractivity contribution in [3.63, 3.8) is 0 Å². The van der Waals surface area contributed by atoms with E-state index in [9.17, 15) is 28.8 Å². The van der Waals surface area contributed by atoms with Gasteiger partial charge in [0.2, 0.25) is 0 Å². The van der Waals surface area contributed by atoms with Crippen LogP contribution in [0.2, 0.25) is 0 Å². The number of nitrogens with zero attached hydrogens (tertiary/aromatic N) is 3. The smallest absolute Gasteiger partial charge is 0.329 e. The van der Waals surface area contributed by atoms with Gasteiger partial charge >= 0.3 is 17.9 Å². The van der Waals surface area contributed by atoms with Crippen molar-refractivity contribution in [2.75, 3.05) is 21.1 Å². The molecule has 1 fully saturated rings. The molecule has 4 rings (SSSR count). The summed E-state index contributed by atoms with van der Waals surface area (Å²) in [7, 11) is 4.31. The van der Waals surface area contributed by atoms with E-state index in [1.165, 1.54) is 35.8 Å². The molecule has 0 unspecified atom stereocenters. The third-order valence-electron chi connectivity index (χ3n) is 10.4. The number of rotatable bonds is 9. The molecule has 6 atom stereocenters. The van der Waals surface area contributed by atoms with Gasteiger partial charge in [-0.1, -0.05) is 133 Å². The van der Waals surface area contributed by atoms with Crippen LogP contribution in [0.25, 0.3) is 0 Å². The van der Waals surface area contributed by atoms with E-state index in [-0.39, 0.29) is 19.3 Å². The van der Waals surface area contributed by atoms with E-state index in [1.54, 1.807) is 114 Å². The van der Waals surface area contributed by atoms with Crippen molar-refractivity contribution in [3.05, 3.63) is 108 Å². The first kappa shape index (κ1) is 44.2. The van der Waals surface area contributed by atoms with Gasteiger partial charge in [0.25, 0.3) is 17.7 Å². The van der Waals surface area contributed by atoms with Crippen molar-refractivity contribution in [1.29, 1.82) is 0 Å². The van der Waals surface area contributed by atoms with E-state index in [0.717, 1.165) is 16.7 Å². The van der Waals surface area contributed by atoms with Crippen LogP contribution >= 0.6 is 0 Å². The summed E-state index contributed by atoms with van der Waals surface area (Å²) in [5.74, 6) is -6.18. The van der Waals surface area contributed by atoms with E-state index in [1.807, 2.05) is 18.2 Å². The molecule has 0 bridgehead atoms. The maximum atomic E-state index is 14.4. The van der Waals surface area contributed by atoms with Crippen molar-refractivity contribution in [3.8, 4) is 0 Å². The Bertz CT molecular complexity index is 1620. The number of hydrogen-bond donors (Lipinski definition) is 0. The predicted molar refractivity (Wildman–Crippen MR) is 214 cm³/mol. The molecular formula is C45H57N3O9. The molecule has 12 heteroatoms. The third-order valence-corrected chi connectivity index (χ3v) is 10.4. The normalized spacial score (nSPS) is 23.7. The molecule has 0 aliphatic carbocycles. The number of likely N-dealkylation sites (N-methyl/N-ethyl adjacent to an activating group) is 3. The number of amides is 3. The molecule has 57 heavy (non-hydrogen) atoms. The second-order valence-electron chi connectivity index (χ2n) is 15.8. The summed E-state index contributed by atoms with van der Waals surface area (Å²) < 4.78 is 18.1. The van der Waals surface area contributed by atoms with Crippen LogP contribution in [-0.2, 0) is 62.2 Å². The summed E-state index contributed by atoms with van der Waals surface area (Å²) in [4.78, 5) is 89.9. The van der Waals surface area contributed by atoms with Crippen molar-refractivity contribution in [1.82, 2.24) is 14.7 Å². The lowest BCUT2D eigenvalue weighted by Gasteiger charge is -2.37. The van der Waals surface area contributed by atoms with Gasteiger partial charge in [-0.2, -0.15) is 0 Å². The van der Waals surface area contributed by atoms with Crippen LogP contribution in [0.15, 0.2) is 91.0 Å². The van der Waals surface area contributed by atoms with Gasteiger partial charge < -0.3 is 28.9 Å². The van der Waals surface area contributed by atoms with Crippen LogP contribution in [0.5, 0.6) is 0 Å². The van der Waals surface area contributed by atoms with Crippen molar-refractivity contribution >= 4 is 35.6 Å². The highest BCUT2D eigenvalue weighted by atomic mass is 16.6. The summed E-state index contributed by atoms with van der Waals surface area (Å²) in [6.45, 7) is 10.3. The van der Waals surface area contributed by atoms with Crippen LogP contribution < -0.4 is 0 Å². The van der Waals surface area contributed by atoms with Gasteiger partial charge in [0.05, 0.1) is 0 Å². The van der Waals surface area contributed by atoms with E-state index >= 15 is 0 Å². The highest BCUT2D eigenvalue weighted by molar-refractivity contribution is 5.94. The van der Waals surface area contributed by atoms with Crippen LogP contribution in [0.3, 0.4) is 0 Å². The fourth-order valence-corrected chi connectivity index (χ4v) is 6.74. The number of carbonyl (C=O) groups is 6. The standard InChI is InChI=1S/C45H57N3O9/c1-28(2)37-40(49)46(7)35(26-32-21-15-11-16-22-32)44(53)56-39(30(5)6)42(51)48(9)36(27-33-23-17-12-18-24-33)45(54)57-38(29(3)4)41(50)47(8)34(43(52)55-37)25-31-19-13-10-14-20-31/h10-24,28-30,34-39H,25-27H2,1-9H3/t34-,35-,36-,37-,38+,39+/m1/s1. The third kappa shape index (κ3) is 11.3. The molecule has 0 aromatic heterocycles. The quantitative estimate of drug-likeness (QED) is 0.219. The Balaban J connectivity index is 1.88. The van der Waals surface area contributed by atoms with Gasteiger partial charge in [-0.3, -0.25) is 14.4 Å². The number of esters is 3. The van der Waals surface area contributed by atoms with E-state index in [4.69, 9.17) is 14.2 Å². The summed E-state index contributed by atoms with van der Waals surface area (Å²) >= 11 is 0. The molecule has 3 amide bonds. The van der Waals surface area contributed by atoms with E-state index < -0.39 is 89.8 Å². The van der Waals surface area contributed by atoms with Gasteiger partial charge in [-0.25, -0.2) is 14.4 Å². The molecule has 1 aliphatic heterocycles. The minimum absolute atomic E-state index is 0.0307. The lowest BCUT2D eigenvalue weighted by Crippen LogP contribution is -2.56. The lowest BCUT2D eigenvalue weighted by atomic mass is 9.99. The lowest BCUT2D eigenvalue weighted by molar-refractivity contribution is -0.179. The first-order chi connectivity index (χ1) is 27.0. The predicted octanol–water partition coefficient (Wildman–Crippen LogP) is 4.91. The van der Waals surface area contributed by atoms with Gasteiger partial charge in [-0.05, 0) is 34.4 Å². The zero-order valence-electron chi connectivity index (χ0n) is 34.5. The minimum atomic E-state index is -1.36. The Morgan fingerprint density at radius 3 is 0.807 bits per heavy atom. The van der Waals surface area contributed by atoms with Crippen LogP contribution in [0, 0.1) is 17.8 Å². The average Bonchev–Trinajstić information content (AvgIpc) is 3.19. The molecule has 1 aliphatic rings. The molecule has 0 N–H and O–H groups in total. The Kier molecular flexibility index (Phi) is 15.6. The fourth-order valence-electron chi connectivity index (χ4n) is 6.74. The van der Waals surface area contributed by atoms with Crippen LogP contribution in [-0.4, -0.2) is 108 Å². The van der Waals surface area contributed by atoms with Gasteiger partial charge in [0.15, 0.2) is 18.3 Å². The minimum Gasteiger partial charge on any atom is -0.450 e. The van der Waals surface area contributed by atoms with E-state index in [2.05, 4.69) is 0 Å². The zero-order valence-corrected chi connectivity index (χ0v) is 34.5. The second kappa shape index (κ2) is 20.1. The number of cyclic esters (lactones) is 3. The second-order valence-corrected chi connectivity index (χ2v) is 15.8. The molecule has 306 valence electrons. The van der Waals surface area contributed by atoms with Crippen molar-refractivity contribution < 1.29 is 43.0 Å². The molecule has 12 nitrogen and oxygen atoms in total. The summed E-state index contributed by atoms with van der Waals surface area (Å²) in [5.41, 5.74) is 2.16. The summed E-state index contributed by atoms with van der Waals surface area (Å²) in [6.07, 6.45) is -3.99. The first-order valence-electron chi connectivity index (χ1n) is 19.5. The largest absolute Gasteiger partial charge is 0.450 e. The fraction of sp³-hybridized carbons (Fsp3) is 0.467. The monoisotopic (exact) mass is 783 g/mol. The van der Waals surface area contributed by atoms with E-state index in [0.29, 0.717) is 0 Å². The zero-order chi connectivity index (χ0) is 42.0. The van der Waals surface area contributed by atoms with Crippen LogP contribution in [0.1, 0.15) is 58.2 Å². The molecule has 3 aromatic rings. The number of ether oxygens (including phenoxy) is 3. The van der Waals surface area contributed by atoms with Gasteiger partial charge in [-0.15, -0.1) is 0 Å². The number of carbonyl (C=O) groups excluding carboxylic acids is 6. The maximum absolute atomic E-state index is 14.4. The summed E-state index contributed by atoms with van der Waals surface area (Å²) in [5, 5.41) is 0. The summed E-state index contributed by atoms with van der Waals surface area (Å²) in [6, 6.07) is 23.4. The molecule has 1 heterocycles. The van der Waals surface area contributed by atoms with Gasteiger partial charge in [0.1, 0.15) is 18.1 Å². The molecule has 1 saturated heterocycles. The Morgan fingerprint density at radius 1 is 0.404 bits per heavy atom. The maximum Gasteiger partial charge on any atom is 0.329 e. The topological polar surface area (TPSA) is 140 Å². The number of benzene rings is 3. The molecule has 3 aromatic carbocycles. The van der Waals surface area contributed by atoms with Crippen molar-refractivity contribution in [2.24, 2.45) is 17.8 Å². The van der Waals surface area contributed by atoms with Crippen molar-refractivity contribution in [2.45, 2.75) is 97.2 Å². The molecular weight excluding hydrogens is 727 g/mol. The Labute approximate surface area is 336 Å². The first-order valence-corrected chi connectivity index (χ1v) is 19.5. The highest BCUT2D eigenvalue weighted by Crippen LogP contribution is 2.24. The molecule has 0 saturated carbocycles. The Hall–Kier alpha value is -5.52.